The van der Waals surface area contributed by atoms with E-state index >= 15 is 0 Å². The van der Waals surface area contributed by atoms with Crippen LogP contribution >= 0.6 is 11.6 Å². The van der Waals surface area contributed by atoms with E-state index in [4.69, 9.17) is 16.8 Å². The van der Waals surface area contributed by atoms with Gasteiger partial charge in [0.1, 0.15) is 0 Å². The van der Waals surface area contributed by atoms with Crippen molar-refractivity contribution >= 4 is 28.9 Å². The summed E-state index contributed by atoms with van der Waals surface area (Å²) in [6.07, 6.45) is 10.6. The molecule has 5 nitrogen and oxygen atoms in total. The third-order valence-corrected chi connectivity index (χ3v) is 4.63. The molecule has 0 bridgehead atoms. The van der Waals surface area contributed by atoms with Gasteiger partial charge in [-0.15, -0.1) is 0 Å². The molecule has 1 aliphatic heterocycles. The van der Waals surface area contributed by atoms with Crippen molar-refractivity contribution in [1.29, 1.82) is 0 Å². The highest BCUT2D eigenvalue weighted by Crippen LogP contribution is 2.38. The summed E-state index contributed by atoms with van der Waals surface area (Å²) in [5.41, 5.74) is 6.14. The lowest BCUT2D eigenvalue weighted by molar-refractivity contribution is -0.120. The maximum absolute atomic E-state index is 11.7. The van der Waals surface area contributed by atoms with Gasteiger partial charge in [0.15, 0.2) is 0 Å². The molecular formula is C19H20ClN3O2. The monoisotopic (exact) mass is 357 g/mol. The Labute approximate surface area is 151 Å². The van der Waals surface area contributed by atoms with Crippen LogP contribution in [0.25, 0.3) is 10.9 Å². The minimum Gasteiger partial charge on any atom is -0.356 e. The van der Waals surface area contributed by atoms with Crippen molar-refractivity contribution in [3.05, 3.63) is 70.6 Å². The van der Waals surface area contributed by atoms with Gasteiger partial charge in [-0.25, -0.2) is 0 Å². The SMILES string of the molecule is C\C=C/C(=C\C=C\NO)C1c2[nH]c3ccc(Cl)cc3c2CCN1C=O. The summed E-state index contributed by atoms with van der Waals surface area (Å²) in [5.74, 6) is 0. The number of fused-ring (bicyclic) bond motifs is 3. The molecule has 0 radical (unpaired) electrons. The molecule has 0 fully saturated rings. The number of H-pyrrole nitrogens is 1. The van der Waals surface area contributed by atoms with Crippen molar-refractivity contribution in [2.75, 3.05) is 6.54 Å². The molecule has 1 aromatic heterocycles. The number of hydrogen-bond donors (Lipinski definition) is 3. The van der Waals surface area contributed by atoms with Gasteiger partial charge in [0, 0.05) is 34.4 Å². The minimum absolute atomic E-state index is 0.216. The Balaban J connectivity index is 2.17. The lowest BCUT2D eigenvalue weighted by atomic mass is 9.92. The summed E-state index contributed by atoms with van der Waals surface area (Å²) >= 11 is 6.16. The smallest absolute Gasteiger partial charge is 0.210 e. The van der Waals surface area contributed by atoms with Crippen LogP contribution in [0.4, 0.5) is 0 Å². The van der Waals surface area contributed by atoms with E-state index in [1.54, 1.807) is 11.0 Å². The molecule has 1 aliphatic rings. The van der Waals surface area contributed by atoms with Gasteiger partial charge in [0.05, 0.1) is 6.04 Å². The first-order valence-electron chi connectivity index (χ1n) is 8.09. The highest BCUT2D eigenvalue weighted by molar-refractivity contribution is 6.31. The molecule has 1 unspecified atom stereocenters. The first kappa shape index (κ1) is 17.3. The highest BCUT2D eigenvalue weighted by Gasteiger charge is 2.31. The summed E-state index contributed by atoms with van der Waals surface area (Å²) in [6.45, 7) is 2.57. The molecule has 25 heavy (non-hydrogen) atoms. The van der Waals surface area contributed by atoms with Crippen LogP contribution in [0, 0.1) is 0 Å². The number of benzene rings is 1. The first-order chi connectivity index (χ1) is 12.2. The summed E-state index contributed by atoms with van der Waals surface area (Å²) in [5, 5.41) is 10.5. The van der Waals surface area contributed by atoms with Gasteiger partial charge in [-0.3, -0.25) is 15.5 Å². The molecule has 0 saturated heterocycles. The number of allylic oxidation sites excluding steroid dienone is 3. The molecular weight excluding hydrogens is 338 g/mol. The minimum atomic E-state index is -0.216. The number of rotatable bonds is 5. The zero-order chi connectivity index (χ0) is 17.8. The molecule has 6 heteroatoms. The number of carbonyl (C=O) groups excluding carboxylic acids is 1. The van der Waals surface area contributed by atoms with E-state index in [-0.39, 0.29) is 6.04 Å². The lowest BCUT2D eigenvalue weighted by Crippen LogP contribution is -2.35. The van der Waals surface area contributed by atoms with Crippen molar-refractivity contribution in [3.63, 3.8) is 0 Å². The Bertz CT molecular complexity index is 867. The van der Waals surface area contributed by atoms with Crippen molar-refractivity contribution in [2.24, 2.45) is 0 Å². The largest absolute Gasteiger partial charge is 0.356 e. The Morgan fingerprint density at radius 1 is 1.48 bits per heavy atom. The van der Waals surface area contributed by atoms with E-state index < -0.39 is 0 Å². The average Bonchev–Trinajstić information content (AvgIpc) is 2.98. The molecule has 1 amide bonds. The molecule has 0 saturated carbocycles. The van der Waals surface area contributed by atoms with Gasteiger partial charge in [-0.1, -0.05) is 29.8 Å². The molecule has 3 rings (SSSR count). The van der Waals surface area contributed by atoms with Gasteiger partial charge in [0.2, 0.25) is 6.41 Å². The zero-order valence-corrected chi connectivity index (χ0v) is 14.6. The van der Waals surface area contributed by atoms with Crippen molar-refractivity contribution < 1.29 is 10.0 Å². The number of aromatic amines is 1. The van der Waals surface area contributed by atoms with Crippen LogP contribution in [-0.2, 0) is 11.2 Å². The van der Waals surface area contributed by atoms with Crippen LogP contribution < -0.4 is 5.48 Å². The number of amides is 1. The van der Waals surface area contributed by atoms with Crippen LogP contribution in [0.3, 0.4) is 0 Å². The number of nitrogens with zero attached hydrogens (tertiary/aromatic N) is 1. The van der Waals surface area contributed by atoms with Crippen molar-refractivity contribution in [2.45, 2.75) is 19.4 Å². The molecule has 2 aromatic rings. The standard InChI is InChI=1S/C19H20ClN3O2/c1-2-4-13(5-3-9-21-25)19-18-15(8-10-23(19)12-24)16-11-14(20)6-7-17(16)22-18/h2-7,9,11-12,19,21-22,25H,8,10H2,1H3/b4-2-,9-3+,13-5+. The Hall–Kier alpha value is -2.50. The number of halogens is 1. The van der Waals surface area contributed by atoms with E-state index in [9.17, 15) is 4.79 Å². The number of hydroxylamine groups is 1. The average molecular weight is 358 g/mol. The summed E-state index contributed by atoms with van der Waals surface area (Å²) in [6, 6.07) is 5.57. The number of nitrogens with one attached hydrogen (secondary N) is 2. The molecule has 3 N–H and O–H groups in total. The maximum atomic E-state index is 11.7. The normalized spacial score (nSPS) is 18.3. The van der Waals surface area contributed by atoms with Crippen LogP contribution in [0.5, 0.6) is 0 Å². The van der Waals surface area contributed by atoms with Crippen molar-refractivity contribution in [3.8, 4) is 0 Å². The van der Waals surface area contributed by atoms with Crippen LogP contribution in [0.2, 0.25) is 5.02 Å². The topological polar surface area (TPSA) is 68.4 Å². The summed E-state index contributed by atoms with van der Waals surface area (Å²) < 4.78 is 0. The first-order valence-corrected chi connectivity index (χ1v) is 8.47. The Kier molecular flexibility index (Phi) is 5.26. The van der Waals surface area contributed by atoms with Crippen LogP contribution in [-0.4, -0.2) is 28.0 Å². The predicted molar refractivity (Wildman–Crippen MR) is 99.5 cm³/mol. The Morgan fingerprint density at radius 2 is 2.32 bits per heavy atom. The van der Waals surface area contributed by atoms with E-state index in [0.29, 0.717) is 11.6 Å². The molecule has 1 aromatic carbocycles. The third kappa shape index (κ3) is 3.34. The van der Waals surface area contributed by atoms with Gasteiger partial charge in [-0.05, 0) is 48.8 Å². The van der Waals surface area contributed by atoms with E-state index in [1.807, 2.05) is 48.8 Å². The lowest BCUT2D eigenvalue weighted by Gasteiger charge is -2.34. The second-order valence-electron chi connectivity index (χ2n) is 5.86. The van der Waals surface area contributed by atoms with E-state index in [0.717, 1.165) is 35.0 Å². The van der Waals surface area contributed by atoms with Crippen molar-refractivity contribution in [1.82, 2.24) is 15.4 Å². The number of hydrogen-bond acceptors (Lipinski definition) is 3. The third-order valence-electron chi connectivity index (χ3n) is 4.40. The van der Waals surface area contributed by atoms with E-state index in [1.165, 1.54) is 11.8 Å². The zero-order valence-electron chi connectivity index (χ0n) is 13.9. The Morgan fingerprint density at radius 3 is 3.04 bits per heavy atom. The molecule has 130 valence electrons. The summed E-state index contributed by atoms with van der Waals surface area (Å²) in [7, 11) is 0. The maximum Gasteiger partial charge on any atom is 0.210 e. The summed E-state index contributed by atoms with van der Waals surface area (Å²) in [4.78, 5) is 16.9. The number of aromatic nitrogens is 1. The quantitative estimate of drug-likeness (QED) is 0.432. The molecule has 2 heterocycles. The molecule has 0 spiro atoms. The van der Waals surface area contributed by atoms with Gasteiger partial charge in [0.25, 0.3) is 0 Å². The van der Waals surface area contributed by atoms with Gasteiger partial charge >= 0.3 is 0 Å². The van der Waals surface area contributed by atoms with Gasteiger partial charge < -0.3 is 9.88 Å². The van der Waals surface area contributed by atoms with Gasteiger partial charge in [-0.2, -0.15) is 0 Å². The van der Waals surface area contributed by atoms with E-state index in [2.05, 4.69) is 4.98 Å². The second-order valence-corrected chi connectivity index (χ2v) is 6.29. The fraction of sp³-hybridized carbons (Fsp3) is 0.211. The molecule has 0 aliphatic carbocycles. The number of carbonyl (C=O) groups is 1. The van der Waals surface area contributed by atoms with Crippen LogP contribution in [0.15, 0.2) is 54.3 Å². The molecule has 1 atom stereocenters. The fourth-order valence-corrected chi connectivity index (χ4v) is 3.56. The van der Waals surface area contributed by atoms with Crippen LogP contribution in [0.1, 0.15) is 24.2 Å². The second kappa shape index (κ2) is 7.59. The fourth-order valence-electron chi connectivity index (χ4n) is 3.38. The highest BCUT2D eigenvalue weighted by atomic mass is 35.5. The predicted octanol–water partition coefficient (Wildman–Crippen LogP) is 3.87.